The molecular weight excluding hydrogens is 274 g/mol. The topological polar surface area (TPSA) is 108 Å². The van der Waals surface area contributed by atoms with Crippen LogP contribution < -0.4 is 5.73 Å². The zero-order chi connectivity index (χ0) is 16.2. The third kappa shape index (κ3) is 4.87. The van der Waals surface area contributed by atoms with Gasteiger partial charge in [0.2, 0.25) is 0 Å². The van der Waals surface area contributed by atoms with Gasteiger partial charge in [-0.25, -0.2) is 0 Å². The number of anilines is 1. The van der Waals surface area contributed by atoms with E-state index in [-0.39, 0.29) is 17.8 Å². The Labute approximate surface area is 123 Å². The second-order valence-corrected chi connectivity index (χ2v) is 5.52. The normalized spacial score (nSPS) is 11.6. The van der Waals surface area contributed by atoms with Gasteiger partial charge < -0.3 is 10.5 Å². The Kier molecular flexibility index (Phi) is 5.02. The predicted molar refractivity (Wildman–Crippen MR) is 80.6 cm³/mol. The maximum absolute atomic E-state index is 11.8. The molecule has 1 rings (SSSR count). The Hall–Kier alpha value is -2.44. The van der Waals surface area contributed by atoms with E-state index in [4.69, 9.17) is 10.5 Å². The SMILES string of the molecule is CN=Cc1cc([N+](=O)[O-])cc(CC(=O)OC(C)(C)C)c1N. The van der Waals surface area contributed by atoms with E-state index in [9.17, 15) is 14.9 Å². The number of benzene rings is 1. The Morgan fingerprint density at radius 2 is 2.10 bits per heavy atom. The number of nitro groups is 1. The second-order valence-electron chi connectivity index (χ2n) is 5.52. The fraction of sp³-hybridized carbons (Fsp3) is 0.429. The van der Waals surface area contributed by atoms with Crippen LogP contribution in [0.4, 0.5) is 11.4 Å². The van der Waals surface area contributed by atoms with E-state index in [0.717, 1.165) is 0 Å². The third-order valence-electron chi connectivity index (χ3n) is 2.52. The summed E-state index contributed by atoms with van der Waals surface area (Å²) in [6.45, 7) is 5.24. The van der Waals surface area contributed by atoms with Crippen molar-refractivity contribution >= 4 is 23.6 Å². The molecule has 1 aromatic carbocycles. The lowest BCUT2D eigenvalue weighted by Gasteiger charge is -2.19. The molecule has 21 heavy (non-hydrogen) atoms. The van der Waals surface area contributed by atoms with Crippen LogP contribution in [0, 0.1) is 10.1 Å². The smallest absolute Gasteiger partial charge is 0.310 e. The van der Waals surface area contributed by atoms with Crippen molar-refractivity contribution in [1.82, 2.24) is 0 Å². The van der Waals surface area contributed by atoms with Gasteiger partial charge in [0, 0.05) is 36.6 Å². The molecule has 2 N–H and O–H groups in total. The van der Waals surface area contributed by atoms with E-state index in [1.54, 1.807) is 20.8 Å². The van der Waals surface area contributed by atoms with Crippen molar-refractivity contribution in [3.05, 3.63) is 33.4 Å². The molecule has 0 fully saturated rings. The molecule has 0 atom stereocenters. The Balaban J connectivity index is 3.16. The number of carbonyl (C=O) groups excluding carboxylic acids is 1. The molecule has 1 aromatic rings. The first-order chi connectivity index (χ1) is 9.64. The largest absolute Gasteiger partial charge is 0.460 e. The highest BCUT2D eigenvalue weighted by Crippen LogP contribution is 2.25. The van der Waals surface area contributed by atoms with Crippen molar-refractivity contribution < 1.29 is 14.5 Å². The molecule has 0 aliphatic rings. The van der Waals surface area contributed by atoms with Crippen LogP contribution in [0.2, 0.25) is 0 Å². The summed E-state index contributed by atoms with van der Waals surface area (Å²) in [4.78, 5) is 26.1. The number of nitrogens with two attached hydrogens (primary N) is 1. The van der Waals surface area contributed by atoms with Crippen molar-refractivity contribution in [2.24, 2.45) is 4.99 Å². The maximum Gasteiger partial charge on any atom is 0.310 e. The number of hydrogen-bond acceptors (Lipinski definition) is 6. The van der Waals surface area contributed by atoms with Crippen LogP contribution in [-0.4, -0.2) is 29.8 Å². The fourth-order valence-electron chi connectivity index (χ4n) is 1.75. The number of nitro benzene ring substituents is 1. The van der Waals surface area contributed by atoms with E-state index >= 15 is 0 Å². The lowest BCUT2D eigenvalue weighted by molar-refractivity contribution is -0.384. The monoisotopic (exact) mass is 293 g/mol. The fourth-order valence-corrected chi connectivity index (χ4v) is 1.75. The molecule has 0 spiro atoms. The van der Waals surface area contributed by atoms with Crippen molar-refractivity contribution in [3.8, 4) is 0 Å². The molecule has 0 unspecified atom stereocenters. The van der Waals surface area contributed by atoms with E-state index in [1.807, 2.05) is 0 Å². The van der Waals surface area contributed by atoms with Crippen molar-refractivity contribution in [2.75, 3.05) is 12.8 Å². The first-order valence-electron chi connectivity index (χ1n) is 6.35. The van der Waals surface area contributed by atoms with Gasteiger partial charge in [-0.2, -0.15) is 0 Å². The number of hydrogen-bond donors (Lipinski definition) is 1. The summed E-state index contributed by atoms with van der Waals surface area (Å²) in [7, 11) is 1.53. The molecule has 0 heterocycles. The Morgan fingerprint density at radius 1 is 1.48 bits per heavy atom. The molecule has 0 aliphatic heterocycles. The Bertz CT molecular complexity index is 589. The van der Waals surface area contributed by atoms with Crippen LogP contribution in [0.3, 0.4) is 0 Å². The number of rotatable bonds is 4. The van der Waals surface area contributed by atoms with Gasteiger partial charge in [-0.3, -0.25) is 19.9 Å². The van der Waals surface area contributed by atoms with Crippen molar-refractivity contribution in [2.45, 2.75) is 32.8 Å². The summed E-state index contributed by atoms with van der Waals surface area (Å²) < 4.78 is 5.20. The summed E-state index contributed by atoms with van der Waals surface area (Å²) >= 11 is 0. The lowest BCUT2D eigenvalue weighted by Crippen LogP contribution is -2.25. The summed E-state index contributed by atoms with van der Waals surface area (Å²) in [5.74, 6) is -0.492. The van der Waals surface area contributed by atoms with Crippen molar-refractivity contribution in [1.29, 1.82) is 0 Å². The highest BCUT2D eigenvalue weighted by Gasteiger charge is 2.20. The minimum atomic E-state index is -0.625. The minimum absolute atomic E-state index is 0.130. The number of nitrogen functional groups attached to an aromatic ring is 1. The summed E-state index contributed by atoms with van der Waals surface area (Å²) in [5.41, 5.74) is 6.21. The molecule has 0 saturated carbocycles. The maximum atomic E-state index is 11.8. The zero-order valence-corrected chi connectivity index (χ0v) is 12.5. The highest BCUT2D eigenvalue weighted by atomic mass is 16.6. The van der Waals surface area contributed by atoms with Gasteiger partial charge in [-0.05, 0) is 26.3 Å². The Morgan fingerprint density at radius 3 is 2.57 bits per heavy atom. The molecule has 0 saturated heterocycles. The van der Waals surface area contributed by atoms with Crippen LogP contribution in [0.5, 0.6) is 0 Å². The summed E-state index contributed by atoms with van der Waals surface area (Å²) in [6.07, 6.45) is 1.29. The van der Waals surface area contributed by atoms with Crippen LogP contribution in [0.25, 0.3) is 0 Å². The molecule has 0 aromatic heterocycles. The van der Waals surface area contributed by atoms with Crippen LogP contribution in [0.15, 0.2) is 17.1 Å². The molecule has 0 aliphatic carbocycles. The number of non-ortho nitro benzene ring substituents is 1. The first-order valence-corrected chi connectivity index (χ1v) is 6.35. The summed E-state index contributed by atoms with van der Waals surface area (Å²) in [6, 6.07) is 2.60. The highest BCUT2D eigenvalue weighted by molar-refractivity contribution is 5.90. The second kappa shape index (κ2) is 6.34. The minimum Gasteiger partial charge on any atom is -0.460 e. The van der Waals surface area contributed by atoms with Crippen LogP contribution in [-0.2, 0) is 16.0 Å². The van der Waals surface area contributed by atoms with Gasteiger partial charge in [0.15, 0.2) is 0 Å². The number of esters is 1. The van der Waals surface area contributed by atoms with Gasteiger partial charge in [-0.1, -0.05) is 0 Å². The van der Waals surface area contributed by atoms with Gasteiger partial charge in [0.25, 0.3) is 5.69 Å². The van der Waals surface area contributed by atoms with E-state index in [0.29, 0.717) is 11.1 Å². The molecule has 7 nitrogen and oxygen atoms in total. The molecule has 0 bridgehead atoms. The van der Waals surface area contributed by atoms with Crippen LogP contribution >= 0.6 is 0 Å². The lowest BCUT2D eigenvalue weighted by atomic mass is 10.0. The molecule has 7 heteroatoms. The average Bonchev–Trinajstić information content (AvgIpc) is 2.31. The molecular formula is C14H19N3O4. The standard InChI is InChI=1S/C14H19N3O4/c1-14(2,3)21-12(18)7-9-5-11(17(19)20)6-10(8-16-4)13(9)15/h5-6,8H,7,15H2,1-4H3. The zero-order valence-electron chi connectivity index (χ0n) is 12.5. The molecule has 0 amide bonds. The average molecular weight is 293 g/mol. The van der Waals surface area contributed by atoms with Gasteiger partial charge >= 0.3 is 5.97 Å². The summed E-state index contributed by atoms with van der Waals surface area (Å²) in [5, 5.41) is 10.9. The van der Waals surface area contributed by atoms with Gasteiger partial charge in [0.05, 0.1) is 11.3 Å². The quantitative estimate of drug-likeness (QED) is 0.301. The number of carbonyl (C=O) groups is 1. The number of ether oxygens (including phenoxy) is 1. The van der Waals surface area contributed by atoms with Crippen LogP contribution in [0.1, 0.15) is 31.9 Å². The number of aliphatic imine (C=N–C) groups is 1. The van der Waals surface area contributed by atoms with Crippen molar-refractivity contribution in [3.63, 3.8) is 0 Å². The molecule has 114 valence electrons. The van der Waals surface area contributed by atoms with Gasteiger partial charge in [0.1, 0.15) is 5.60 Å². The number of nitrogens with zero attached hydrogens (tertiary/aromatic N) is 2. The van der Waals surface area contributed by atoms with Gasteiger partial charge in [-0.15, -0.1) is 0 Å². The predicted octanol–water partition coefficient (Wildman–Crippen LogP) is 2.11. The molecule has 0 radical (unpaired) electrons. The first kappa shape index (κ1) is 16.6. The van der Waals surface area contributed by atoms with E-state index in [1.165, 1.54) is 25.4 Å². The van der Waals surface area contributed by atoms with E-state index < -0.39 is 16.5 Å². The third-order valence-corrected chi connectivity index (χ3v) is 2.52. The van der Waals surface area contributed by atoms with E-state index in [2.05, 4.69) is 4.99 Å².